The maximum absolute atomic E-state index is 6.03. The largest absolute Gasteiger partial charge is 0.493 e. The Morgan fingerprint density at radius 1 is 1.35 bits per heavy atom. The predicted octanol–water partition coefficient (Wildman–Crippen LogP) is 3.63. The number of anilines is 1. The second kappa shape index (κ2) is 5.67. The lowest BCUT2D eigenvalue weighted by Crippen LogP contribution is -2.21. The van der Waals surface area contributed by atoms with Crippen LogP contribution in [0.1, 0.15) is 30.8 Å². The third-order valence-corrected chi connectivity index (χ3v) is 3.53. The van der Waals surface area contributed by atoms with Gasteiger partial charge in [-0.05, 0) is 6.07 Å². The highest BCUT2D eigenvalue weighted by Crippen LogP contribution is 2.33. The van der Waals surface area contributed by atoms with Crippen molar-refractivity contribution in [2.24, 2.45) is 0 Å². The number of benzene rings is 1. The van der Waals surface area contributed by atoms with Crippen molar-refractivity contribution >= 4 is 17.4 Å². The zero-order valence-corrected chi connectivity index (χ0v) is 12.0. The molecule has 1 aliphatic heterocycles. The number of hydrogen-bond acceptors (Lipinski definition) is 4. The molecule has 0 fully saturated rings. The number of fused-ring (bicyclic) bond motifs is 1. The maximum atomic E-state index is 6.03. The van der Waals surface area contributed by atoms with Crippen LogP contribution in [0, 0.1) is 0 Å². The average Bonchev–Trinajstić information content (AvgIpc) is 2.47. The molecule has 1 aromatic heterocycles. The fourth-order valence-corrected chi connectivity index (χ4v) is 2.57. The Labute approximate surface area is 123 Å². The lowest BCUT2D eigenvalue weighted by atomic mass is 10.0. The molecule has 104 valence electrons. The van der Waals surface area contributed by atoms with Gasteiger partial charge < -0.3 is 10.1 Å². The van der Waals surface area contributed by atoms with Crippen LogP contribution in [-0.2, 0) is 6.42 Å². The monoisotopic (exact) mass is 289 g/mol. The molecule has 1 aromatic carbocycles. The molecule has 2 heterocycles. The number of para-hydroxylation sites is 1. The Kier molecular flexibility index (Phi) is 3.74. The highest BCUT2D eigenvalue weighted by atomic mass is 35.5. The lowest BCUT2D eigenvalue weighted by molar-refractivity contribution is 0.274. The van der Waals surface area contributed by atoms with Gasteiger partial charge in [0.2, 0.25) is 0 Å². The fourth-order valence-electron chi connectivity index (χ4n) is 2.37. The fraction of sp³-hybridized carbons (Fsp3) is 0.333. The van der Waals surface area contributed by atoms with Crippen LogP contribution >= 0.6 is 11.6 Å². The van der Waals surface area contributed by atoms with Crippen molar-refractivity contribution in [1.29, 1.82) is 0 Å². The molecule has 0 saturated carbocycles. The quantitative estimate of drug-likeness (QED) is 0.877. The summed E-state index contributed by atoms with van der Waals surface area (Å²) in [5.41, 5.74) is 1.16. The molecule has 1 atom stereocenters. The van der Waals surface area contributed by atoms with Crippen LogP contribution < -0.4 is 10.1 Å². The highest BCUT2D eigenvalue weighted by molar-refractivity contribution is 6.29. The van der Waals surface area contributed by atoms with Crippen molar-refractivity contribution in [3.63, 3.8) is 0 Å². The molecule has 0 radical (unpaired) electrons. The van der Waals surface area contributed by atoms with Gasteiger partial charge in [-0.3, -0.25) is 0 Å². The summed E-state index contributed by atoms with van der Waals surface area (Å²) in [5.74, 6) is 2.45. The molecule has 1 N–H and O–H groups in total. The number of ether oxygens (including phenoxy) is 1. The third kappa shape index (κ3) is 2.70. The minimum atomic E-state index is 0.190. The van der Waals surface area contributed by atoms with Crippen LogP contribution in [-0.4, -0.2) is 16.6 Å². The summed E-state index contributed by atoms with van der Waals surface area (Å²) in [4.78, 5) is 8.65. The first kappa shape index (κ1) is 13.2. The molecule has 0 spiro atoms. The van der Waals surface area contributed by atoms with Gasteiger partial charge in [0.15, 0.2) is 0 Å². The molecular weight excluding hydrogens is 274 g/mol. The summed E-state index contributed by atoms with van der Waals surface area (Å²) >= 11 is 6.03. The van der Waals surface area contributed by atoms with E-state index in [1.54, 1.807) is 6.07 Å². The number of nitrogens with one attached hydrogen (secondary N) is 1. The predicted molar refractivity (Wildman–Crippen MR) is 79.3 cm³/mol. The molecule has 1 unspecified atom stereocenters. The zero-order valence-electron chi connectivity index (χ0n) is 11.3. The van der Waals surface area contributed by atoms with Crippen molar-refractivity contribution in [2.45, 2.75) is 25.8 Å². The second-order valence-corrected chi connectivity index (χ2v) is 5.10. The molecule has 0 saturated heterocycles. The van der Waals surface area contributed by atoms with E-state index in [1.165, 1.54) is 0 Å². The van der Waals surface area contributed by atoms with Crippen molar-refractivity contribution in [1.82, 2.24) is 9.97 Å². The van der Waals surface area contributed by atoms with Gasteiger partial charge >= 0.3 is 0 Å². The van der Waals surface area contributed by atoms with E-state index in [1.807, 2.05) is 25.1 Å². The van der Waals surface area contributed by atoms with Crippen LogP contribution in [0.5, 0.6) is 5.75 Å². The van der Waals surface area contributed by atoms with Gasteiger partial charge in [-0.15, -0.1) is 0 Å². The van der Waals surface area contributed by atoms with Crippen LogP contribution in [0.4, 0.5) is 5.82 Å². The van der Waals surface area contributed by atoms with E-state index in [0.717, 1.165) is 35.8 Å². The van der Waals surface area contributed by atoms with Gasteiger partial charge in [0, 0.05) is 24.5 Å². The second-order valence-electron chi connectivity index (χ2n) is 4.72. The Morgan fingerprint density at radius 3 is 3.05 bits per heavy atom. The number of hydrogen-bond donors (Lipinski definition) is 1. The molecule has 20 heavy (non-hydrogen) atoms. The van der Waals surface area contributed by atoms with Crippen molar-refractivity contribution < 1.29 is 4.74 Å². The summed E-state index contributed by atoms with van der Waals surface area (Å²) in [6.07, 6.45) is 1.67. The highest BCUT2D eigenvalue weighted by Gasteiger charge is 2.21. The zero-order chi connectivity index (χ0) is 13.9. The van der Waals surface area contributed by atoms with Crippen molar-refractivity contribution in [3.8, 4) is 5.75 Å². The molecule has 0 aliphatic carbocycles. The maximum Gasteiger partial charge on any atom is 0.134 e. The van der Waals surface area contributed by atoms with E-state index >= 15 is 0 Å². The van der Waals surface area contributed by atoms with Crippen LogP contribution in [0.25, 0.3) is 0 Å². The van der Waals surface area contributed by atoms with Gasteiger partial charge in [0.25, 0.3) is 0 Å². The minimum Gasteiger partial charge on any atom is -0.493 e. The van der Waals surface area contributed by atoms with Gasteiger partial charge in [0.05, 0.1) is 12.6 Å². The van der Waals surface area contributed by atoms with Crippen LogP contribution in [0.3, 0.4) is 0 Å². The summed E-state index contributed by atoms with van der Waals surface area (Å²) in [6, 6.07) is 10.0. The summed E-state index contributed by atoms with van der Waals surface area (Å²) in [6.45, 7) is 2.72. The van der Waals surface area contributed by atoms with E-state index in [2.05, 4.69) is 21.4 Å². The number of rotatable bonds is 3. The Balaban J connectivity index is 1.87. The van der Waals surface area contributed by atoms with E-state index < -0.39 is 0 Å². The van der Waals surface area contributed by atoms with Crippen LogP contribution in [0.15, 0.2) is 30.3 Å². The SMILES string of the molecule is CCc1nc(Cl)cc(NC2CCOc3ccccc32)n1. The van der Waals surface area contributed by atoms with Crippen molar-refractivity contribution in [3.05, 3.63) is 46.9 Å². The molecule has 1 aliphatic rings. The average molecular weight is 290 g/mol. The standard InChI is InChI=1S/C15H16ClN3O/c1-2-14-18-13(16)9-15(19-14)17-11-7-8-20-12-6-4-3-5-10(11)12/h3-6,9,11H,2,7-8H2,1H3,(H,17,18,19). The van der Waals surface area contributed by atoms with E-state index in [9.17, 15) is 0 Å². The number of nitrogens with zero attached hydrogens (tertiary/aromatic N) is 2. The molecule has 4 nitrogen and oxygen atoms in total. The summed E-state index contributed by atoms with van der Waals surface area (Å²) in [5, 5.41) is 3.91. The third-order valence-electron chi connectivity index (χ3n) is 3.34. The molecular formula is C15H16ClN3O. The number of aromatic nitrogens is 2. The molecule has 3 rings (SSSR count). The van der Waals surface area contributed by atoms with E-state index in [4.69, 9.17) is 16.3 Å². The minimum absolute atomic E-state index is 0.190. The Morgan fingerprint density at radius 2 is 2.20 bits per heavy atom. The molecule has 0 amide bonds. The first-order valence-corrected chi connectivity index (χ1v) is 7.16. The van der Waals surface area contributed by atoms with Crippen molar-refractivity contribution in [2.75, 3.05) is 11.9 Å². The topological polar surface area (TPSA) is 47.0 Å². The number of aryl methyl sites for hydroxylation is 1. The van der Waals surface area contributed by atoms with Gasteiger partial charge in [-0.25, -0.2) is 9.97 Å². The van der Waals surface area contributed by atoms with Gasteiger partial charge in [-0.2, -0.15) is 0 Å². The van der Waals surface area contributed by atoms with Gasteiger partial charge in [-0.1, -0.05) is 36.7 Å². The summed E-state index contributed by atoms with van der Waals surface area (Å²) < 4.78 is 5.66. The summed E-state index contributed by atoms with van der Waals surface area (Å²) in [7, 11) is 0. The van der Waals surface area contributed by atoms with E-state index in [0.29, 0.717) is 11.8 Å². The number of halogens is 1. The van der Waals surface area contributed by atoms with E-state index in [-0.39, 0.29) is 6.04 Å². The molecule has 2 aromatic rings. The Hall–Kier alpha value is -1.81. The smallest absolute Gasteiger partial charge is 0.134 e. The lowest BCUT2D eigenvalue weighted by Gasteiger charge is -2.27. The van der Waals surface area contributed by atoms with Gasteiger partial charge in [0.1, 0.15) is 22.5 Å². The normalized spacial score (nSPS) is 17.2. The molecule has 0 bridgehead atoms. The molecule has 5 heteroatoms. The van der Waals surface area contributed by atoms with Crippen LogP contribution in [0.2, 0.25) is 5.15 Å². The Bertz CT molecular complexity index is 618. The first-order valence-electron chi connectivity index (χ1n) is 6.78. The first-order chi connectivity index (χ1) is 9.76.